The van der Waals surface area contributed by atoms with E-state index in [1.54, 1.807) is 11.8 Å². The van der Waals surface area contributed by atoms with E-state index in [1.165, 1.54) is 21.2 Å². The van der Waals surface area contributed by atoms with Gasteiger partial charge in [0.2, 0.25) is 0 Å². The summed E-state index contributed by atoms with van der Waals surface area (Å²) < 4.78 is 0. The standard InChI is InChI=1S/C14H13NS2/c1-16-12-8-6-11(7-9-12)15-10-17-14-5-3-2-4-13(14)15/h2-9H,10H2,1H3. The Bertz CT molecular complexity index is 522. The number of anilines is 2. The van der Waals surface area contributed by atoms with Crippen LogP contribution in [0.1, 0.15) is 0 Å². The lowest BCUT2D eigenvalue weighted by Crippen LogP contribution is -2.11. The molecule has 1 nitrogen and oxygen atoms in total. The second-order valence-electron chi connectivity index (χ2n) is 3.87. The number of nitrogens with zero attached hydrogens (tertiary/aromatic N) is 1. The summed E-state index contributed by atoms with van der Waals surface area (Å²) in [7, 11) is 0. The summed E-state index contributed by atoms with van der Waals surface area (Å²) in [6.45, 7) is 0. The zero-order valence-electron chi connectivity index (χ0n) is 9.59. The Balaban J connectivity index is 1.95. The smallest absolute Gasteiger partial charge is 0.0735 e. The van der Waals surface area contributed by atoms with Crippen molar-refractivity contribution in [1.29, 1.82) is 0 Å². The van der Waals surface area contributed by atoms with Crippen LogP contribution in [0.3, 0.4) is 0 Å². The van der Waals surface area contributed by atoms with Crippen LogP contribution >= 0.6 is 23.5 Å². The number of benzene rings is 2. The van der Waals surface area contributed by atoms with E-state index in [1.807, 2.05) is 11.8 Å². The van der Waals surface area contributed by atoms with E-state index in [0.717, 1.165) is 5.88 Å². The number of para-hydroxylation sites is 1. The third kappa shape index (κ3) is 2.05. The molecule has 0 spiro atoms. The molecule has 0 unspecified atom stereocenters. The van der Waals surface area contributed by atoms with Crippen molar-refractivity contribution in [3.8, 4) is 0 Å². The average molecular weight is 259 g/mol. The van der Waals surface area contributed by atoms with Gasteiger partial charge in [0.25, 0.3) is 0 Å². The molecule has 0 aromatic heterocycles. The first-order valence-electron chi connectivity index (χ1n) is 5.52. The number of hydrogen-bond donors (Lipinski definition) is 0. The summed E-state index contributed by atoms with van der Waals surface area (Å²) in [4.78, 5) is 5.06. The van der Waals surface area contributed by atoms with Gasteiger partial charge in [-0.2, -0.15) is 0 Å². The molecule has 0 saturated heterocycles. The molecule has 0 bridgehead atoms. The number of fused-ring (bicyclic) bond motifs is 1. The van der Waals surface area contributed by atoms with E-state index >= 15 is 0 Å². The highest BCUT2D eigenvalue weighted by Crippen LogP contribution is 2.42. The Morgan fingerprint density at radius 3 is 2.59 bits per heavy atom. The summed E-state index contributed by atoms with van der Waals surface area (Å²) >= 11 is 3.68. The van der Waals surface area contributed by atoms with Crippen molar-refractivity contribution >= 4 is 34.9 Å². The molecule has 1 aliphatic heterocycles. The lowest BCUT2D eigenvalue weighted by molar-refractivity contribution is 1.17. The van der Waals surface area contributed by atoms with Crippen LogP contribution in [-0.4, -0.2) is 12.1 Å². The molecule has 0 radical (unpaired) electrons. The maximum Gasteiger partial charge on any atom is 0.0735 e. The fourth-order valence-corrected chi connectivity index (χ4v) is 3.45. The van der Waals surface area contributed by atoms with Crippen molar-refractivity contribution in [3.05, 3.63) is 48.5 Å². The van der Waals surface area contributed by atoms with Crippen LogP contribution in [-0.2, 0) is 0 Å². The second kappa shape index (κ2) is 4.67. The zero-order valence-corrected chi connectivity index (χ0v) is 11.2. The Hall–Kier alpha value is -1.06. The summed E-state index contributed by atoms with van der Waals surface area (Å²) in [5.74, 6) is 1.01. The van der Waals surface area contributed by atoms with Gasteiger partial charge in [-0.1, -0.05) is 12.1 Å². The quantitative estimate of drug-likeness (QED) is 0.725. The second-order valence-corrected chi connectivity index (χ2v) is 5.73. The Kier molecular flexibility index (Phi) is 3.04. The first-order chi connectivity index (χ1) is 8.38. The molecule has 86 valence electrons. The topological polar surface area (TPSA) is 3.24 Å². The fraction of sp³-hybridized carbons (Fsp3) is 0.143. The molecule has 0 fully saturated rings. The van der Waals surface area contributed by atoms with Crippen LogP contribution in [0, 0.1) is 0 Å². The predicted molar refractivity (Wildman–Crippen MR) is 77.5 cm³/mol. The molecule has 0 aliphatic carbocycles. The molecule has 3 heteroatoms. The van der Waals surface area contributed by atoms with Gasteiger partial charge >= 0.3 is 0 Å². The number of rotatable bonds is 2. The third-order valence-corrected chi connectivity index (χ3v) is 4.68. The maximum absolute atomic E-state index is 2.37. The zero-order chi connectivity index (χ0) is 11.7. The van der Waals surface area contributed by atoms with Gasteiger partial charge in [0.1, 0.15) is 0 Å². The largest absolute Gasteiger partial charge is 0.330 e. The highest BCUT2D eigenvalue weighted by atomic mass is 32.2. The normalized spacial score (nSPS) is 13.8. The molecule has 0 amide bonds. The van der Waals surface area contributed by atoms with Gasteiger partial charge < -0.3 is 4.90 Å². The summed E-state index contributed by atoms with van der Waals surface area (Å²) in [6, 6.07) is 17.4. The van der Waals surface area contributed by atoms with Crippen molar-refractivity contribution in [1.82, 2.24) is 0 Å². The molecule has 0 N–H and O–H groups in total. The molecule has 17 heavy (non-hydrogen) atoms. The molecule has 0 saturated carbocycles. The third-order valence-electron chi connectivity index (χ3n) is 2.89. The van der Waals surface area contributed by atoms with E-state index in [2.05, 4.69) is 59.7 Å². The van der Waals surface area contributed by atoms with Gasteiger partial charge in [0.05, 0.1) is 11.6 Å². The van der Waals surface area contributed by atoms with Crippen LogP contribution in [0.2, 0.25) is 0 Å². The first-order valence-corrected chi connectivity index (χ1v) is 7.73. The average Bonchev–Trinajstić information content (AvgIpc) is 2.83. The minimum atomic E-state index is 1.01. The molecule has 1 aliphatic rings. The van der Waals surface area contributed by atoms with E-state index in [-0.39, 0.29) is 0 Å². The SMILES string of the molecule is CSc1ccc(N2CSc3ccccc32)cc1. The summed E-state index contributed by atoms with van der Waals surface area (Å²) in [6.07, 6.45) is 2.11. The predicted octanol–water partition coefficient (Wildman–Crippen LogP) is 4.61. The lowest BCUT2D eigenvalue weighted by Gasteiger charge is -2.18. The molecule has 2 aromatic rings. The van der Waals surface area contributed by atoms with E-state index in [4.69, 9.17) is 0 Å². The van der Waals surface area contributed by atoms with Crippen molar-refractivity contribution in [2.75, 3.05) is 17.0 Å². The molecular formula is C14H13NS2. The van der Waals surface area contributed by atoms with Gasteiger partial charge in [-0.05, 0) is 42.7 Å². The van der Waals surface area contributed by atoms with Crippen molar-refractivity contribution in [3.63, 3.8) is 0 Å². The molecular weight excluding hydrogens is 246 g/mol. The van der Waals surface area contributed by atoms with Gasteiger partial charge in [-0.15, -0.1) is 23.5 Å². The fourth-order valence-electron chi connectivity index (χ4n) is 1.98. The van der Waals surface area contributed by atoms with Crippen LogP contribution < -0.4 is 4.90 Å². The van der Waals surface area contributed by atoms with Gasteiger partial charge in [-0.3, -0.25) is 0 Å². The van der Waals surface area contributed by atoms with Gasteiger partial charge in [-0.25, -0.2) is 0 Å². The minimum absolute atomic E-state index is 1.01. The Labute approximate surface area is 110 Å². The summed E-state index contributed by atoms with van der Waals surface area (Å²) in [5.41, 5.74) is 2.61. The van der Waals surface area contributed by atoms with Crippen LogP contribution in [0.5, 0.6) is 0 Å². The van der Waals surface area contributed by atoms with E-state index in [9.17, 15) is 0 Å². The van der Waals surface area contributed by atoms with E-state index < -0.39 is 0 Å². The highest BCUT2D eigenvalue weighted by Gasteiger charge is 2.19. The molecule has 1 heterocycles. The van der Waals surface area contributed by atoms with Crippen molar-refractivity contribution in [2.45, 2.75) is 9.79 Å². The monoisotopic (exact) mass is 259 g/mol. The van der Waals surface area contributed by atoms with Crippen LogP contribution in [0.15, 0.2) is 58.3 Å². The van der Waals surface area contributed by atoms with Gasteiger partial charge in [0.15, 0.2) is 0 Å². The number of thioether (sulfide) groups is 2. The Morgan fingerprint density at radius 2 is 1.82 bits per heavy atom. The maximum atomic E-state index is 2.37. The van der Waals surface area contributed by atoms with Crippen molar-refractivity contribution < 1.29 is 0 Å². The minimum Gasteiger partial charge on any atom is -0.330 e. The Morgan fingerprint density at radius 1 is 1.06 bits per heavy atom. The number of hydrogen-bond acceptors (Lipinski definition) is 3. The van der Waals surface area contributed by atoms with Crippen molar-refractivity contribution in [2.24, 2.45) is 0 Å². The first kappa shape index (κ1) is 11.1. The highest BCUT2D eigenvalue weighted by molar-refractivity contribution is 8.00. The lowest BCUT2D eigenvalue weighted by atomic mass is 10.2. The summed E-state index contributed by atoms with van der Waals surface area (Å²) in [5, 5.41) is 0. The molecule has 2 aromatic carbocycles. The molecule has 0 atom stereocenters. The van der Waals surface area contributed by atoms with Gasteiger partial charge in [0, 0.05) is 15.5 Å². The van der Waals surface area contributed by atoms with Crippen LogP contribution in [0.4, 0.5) is 11.4 Å². The molecule has 3 rings (SSSR count). The van der Waals surface area contributed by atoms with Crippen LogP contribution in [0.25, 0.3) is 0 Å². The van der Waals surface area contributed by atoms with E-state index in [0.29, 0.717) is 0 Å².